The number of alkyl halides is 1. The first kappa shape index (κ1) is 10.4. The second kappa shape index (κ2) is 5.07. The van der Waals surface area contributed by atoms with Gasteiger partial charge in [0.2, 0.25) is 0 Å². The van der Waals surface area contributed by atoms with Gasteiger partial charge in [-0.15, -0.1) is 0 Å². The number of rotatable bonds is 4. The van der Waals surface area contributed by atoms with Crippen LogP contribution in [-0.2, 0) is 6.67 Å². The summed E-state index contributed by atoms with van der Waals surface area (Å²) in [6.07, 6.45) is 3.95. The number of hydrogen-bond donors (Lipinski definition) is 1. The molecule has 1 aliphatic heterocycles. The van der Waals surface area contributed by atoms with Gasteiger partial charge in [-0.25, -0.2) is 4.39 Å². The Bertz CT molecular complexity index is 296. The molecule has 1 aromatic heterocycles. The molecule has 1 N–H and O–H groups in total. The molecule has 1 unspecified atom stereocenters. The van der Waals surface area contributed by atoms with Crippen LogP contribution in [0.3, 0.4) is 0 Å². The first-order valence-electron chi connectivity index (χ1n) is 5.25. The topological polar surface area (TPSA) is 34.1 Å². The van der Waals surface area contributed by atoms with Crippen LogP contribution in [0.5, 0.6) is 5.75 Å². The van der Waals surface area contributed by atoms with Gasteiger partial charge in [0.05, 0.1) is 11.9 Å². The number of nitrogens with one attached hydrogen (secondary N) is 1. The second-order valence-corrected chi connectivity index (χ2v) is 3.72. The van der Waals surface area contributed by atoms with Gasteiger partial charge < -0.3 is 10.1 Å². The van der Waals surface area contributed by atoms with Gasteiger partial charge in [-0.3, -0.25) is 4.98 Å². The smallest absolute Gasteiger partial charge is 0.137 e. The van der Waals surface area contributed by atoms with Gasteiger partial charge in [-0.05, 0) is 31.5 Å². The van der Waals surface area contributed by atoms with Crippen LogP contribution in [-0.4, -0.2) is 24.2 Å². The van der Waals surface area contributed by atoms with E-state index in [0.717, 1.165) is 13.0 Å². The van der Waals surface area contributed by atoms with E-state index < -0.39 is 6.67 Å². The van der Waals surface area contributed by atoms with Crippen LogP contribution < -0.4 is 10.1 Å². The van der Waals surface area contributed by atoms with E-state index in [1.807, 2.05) is 0 Å². The van der Waals surface area contributed by atoms with Crippen molar-refractivity contribution < 1.29 is 9.13 Å². The summed E-state index contributed by atoms with van der Waals surface area (Å²) in [4.78, 5) is 3.92. The number of pyridine rings is 1. The summed E-state index contributed by atoms with van der Waals surface area (Å²) in [6.45, 7) is 1.22. The molecule has 4 heteroatoms. The zero-order valence-corrected chi connectivity index (χ0v) is 8.58. The molecule has 0 aliphatic carbocycles. The molecule has 1 fully saturated rings. The van der Waals surface area contributed by atoms with Gasteiger partial charge in [0.1, 0.15) is 19.0 Å². The Balaban J connectivity index is 1.82. The lowest BCUT2D eigenvalue weighted by Gasteiger charge is -2.11. The molecule has 2 heterocycles. The Morgan fingerprint density at radius 1 is 1.53 bits per heavy atom. The van der Waals surface area contributed by atoms with E-state index in [2.05, 4.69) is 10.3 Å². The number of nitrogens with zero attached hydrogens (tertiary/aromatic N) is 1. The van der Waals surface area contributed by atoms with Crippen LogP contribution in [0, 0.1) is 0 Å². The van der Waals surface area contributed by atoms with E-state index in [1.54, 1.807) is 18.3 Å². The van der Waals surface area contributed by atoms with Crippen LogP contribution >= 0.6 is 0 Å². The minimum atomic E-state index is -0.523. The van der Waals surface area contributed by atoms with Crippen molar-refractivity contribution in [2.24, 2.45) is 0 Å². The summed E-state index contributed by atoms with van der Waals surface area (Å²) < 4.78 is 17.7. The number of hydrogen-bond acceptors (Lipinski definition) is 3. The van der Waals surface area contributed by atoms with E-state index in [-0.39, 0.29) is 0 Å². The molecule has 1 saturated heterocycles. The molecule has 2 rings (SSSR count). The average Bonchev–Trinajstić information content (AvgIpc) is 2.80. The predicted molar refractivity (Wildman–Crippen MR) is 55.6 cm³/mol. The molecular formula is C11H15FN2O. The third-order valence-corrected chi connectivity index (χ3v) is 2.55. The third-order valence-electron chi connectivity index (χ3n) is 2.55. The maximum Gasteiger partial charge on any atom is 0.137 e. The van der Waals surface area contributed by atoms with Crippen LogP contribution in [0.1, 0.15) is 18.5 Å². The Morgan fingerprint density at radius 3 is 3.07 bits per heavy atom. The summed E-state index contributed by atoms with van der Waals surface area (Å²) in [5.74, 6) is 0.709. The molecule has 3 nitrogen and oxygen atoms in total. The van der Waals surface area contributed by atoms with Gasteiger partial charge in [0.15, 0.2) is 0 Å². The zero-order chi connectivity index (χ0) is 10.5. The van der Waals surface area contributed by atoms with Crippen molar-refractivity contribution >= 4 is 0 Å². The molecule has 82 valence electrons. The van der Waals surface area contributed by atoms with E-state index in [1.165, 1.54) is 6.42 Å². The van der Waals surface area contributed by atoms with Crippen molar-refractivity contribution in [3.05, 3.63) is 24.0 Å². The summed E-state index contributed by atoms with van der Waals surface area (Å²) in [5, 5.41) is 3.34. The highest BCUT2D eigenvalue weighted by molar-refractivity contribution is 5.19. The molecule has 0 bridgehead atoms. The highest BCUT2D eigenvalue weighted by atomic mass is 19.1. The lowest BCUT2D eigenvalue weighted by molar-refractivity contribution is 0.276. The fourth-order valence-electron chi connectivity index (χ4n) is 1.67. The van der Waals surface area contributed by atoms with E-state index in [9.17, 15) is 4.39 Å². The number of halogens is 1. The van der Waals surface area contributed by atoms with Crippen molar-refractivity contribution in [2.75, 3.05) is 13.2 Å². The Morgan fingerprint density at radius 2 is 2.47 bits per heavy atom. The normalized spacial score (nSPS) is 20.5. The standard InChI is InChI=1S/C11H15FN2O/c12-6-9-3-4-11(7-14-9)15-8-10-2-1-5-13-10/h3-4,7,10,13H,1-2,5-6,8H2. The largest absolute Gasteiger partial charge is 0.490 e. The second-order valence-electron chi connectivity index (χ2n) is 3.72. The van der Waals surface area contributed by atoms with Gasteiger partial charge in [0, 0.05) is 6.04 Å². The minimum absolute atomic E-state index is 0.446. The summed E-state index contributed by atoms with van der Waals surface area (Å²) in [7, 11) is 0. The van der Waals surface area contributed by atoms with Crippen molar-refractivity contribution in [1.29, 1.82) is 0 Å². The van der Waals surface area contributed by atoms with Gasteiger partial charge in [-0.1, -0.05) is 0 Å². The molecule has 1 aliphatic rings. The summed E-state index contributed by atoms with van der Waals surface area (Å²) in [5.41, 5.74) is 0.446. The van der Waals surface area contributed by atoms with E-state index in [0.29, 0.717) is 24.1 Å². The molecule has 0 amide bonds. The molecule has 1 atom stereocenters. The Labute approximate surface area is 88.7 Å². The van der Waals surface area contributed by atoms with Crippen molar-refractivity contribution in [1.82, 2.24) is 10.3 Å². The van der Waals surface area contributed by atoms with Crippen LogP contribution in [0.25, 0.3) is 0 Å². The monoisotopic (exact) mass is 210 g/mol. The first-order chi connectivity index (χ1) is 7.38. The fourth-order valence-corrected chi connectivity index (χ4v) is 1.67. The van der Waals surface area contributed by atoms with Crippen molar-refractivity contribution in [2.45, 2.75) is 25.6 Å². The van der Waals surface area contributed by atoms with Crippen LogP contribution in [0.4, 0.5) is 4.39 Å². The average molecular weight is 210 g/mol. The quantitative estimate of drug-likeness (QED) is 0.821. The highest BCUT2D eigenvalue weighted by Crippen LogP contribution is 2.12. The van der Waals surface area contributed by atoms with Crippen molar-refractivity contribution in [3.63, 3.8) is 0 Å². The molecule has 1 aromatic rings. The summed E-state index contributed by atoms with van der Waals surface area (Å²) in [6, 6.07) is 3.86. The molecule has 0 radical (unpaired) electrons. The lowest BCUT2D eigenvalue weighted by atomic mass is 10.2. The maximum absolute atomic E-state index is 12.2. The number of aromatic nitrogens is 1. The van der Waals surface area contributed by atoms with Gasteiger partial charge in [0.25, 0.3) is 0 Å². The van der Waals surface area contributed by atoms with Crippen LogP contribution in [0.15, 0.2) is 18.3 Å². The summed E-state index contributed by atoms with van der Waals surface area (Å²) >= 11 is 0. The molecule has 15 heavy (non-hydrogen) atoms. The third kappa shape index (κ3) is 2.89. The Kier molecular flexibility index (Phi) is 3.50. The highest BCUT2D eigenvalue weighted by Gasteiger charge is 2.14. The zero-order valence-electron chi connectivity index (χ0n) is 8.58. The van der Waals surface area contributed by atoms with Gasteiger partial charge in [-0.2, -0.15) is 0 Å². The molecule has 0 saturated carbocycles. The first-order valence-corrected chi connectivity index (χ1v) is 5.25. The Hall–Kier alpha value is -1.16. The van der Waals surface area contributed by atoms with Crippen molar-refractivity contribution in [3.8, 4) is 5.75 Å². The SMILES string of the molecule is FCc1ccc(OCC2CCCN2)cn1. The molecule has 0 aromatic carbocycles. The van der Waals surface area contributed by atoms with Gasteiger partial charge >= 0.3 is 0 Å². The number of ether oxygens (including phenoxy) is 1. The minimum Gasteiger partial charge on any atom is -0.490 e. The predicted octanol–water partition coefficient (Wildman–Crippen LogP) is 1.68. The maximum atomic E-state index is 12.2. The van der Waals surface area contributed by atoms with Crippen LogP contribution in [0.2, 0.25) is 0 Å². The lowest BCUT2D eigenvalue weighted by Crippen LogP contribution is -2.28. The fraction of sp³-hybridized carbons (Fsp3) is 0.545. The molecule has 0 spiro atoms. The van der Waals surface area contributed by atoms with E-state index in [4.69, 9.17) is 4.74 Å². The van der Waals surface area contributed by atoms with E-state index >= 15 is 0 Å². The molecular weight excluding hydrogens is 195 g/mol.